The maximum absolute atomic E-state index is 11.1. The Kier molecular flexibility index (Phi) is 2.95. The number of aryl methyl sites for hydroxylation is 2. The van der Waals surface area contributed by atoms with Crippen LogP contribution in [0.5, 0.6) is 0 Å². The Bertz CT molecular complexity index is 542. The second-order valence-corrected chi connectivity index (χ2v) is 3.74. The fourth-order valence-electron chi connectivity index (χ4n) is 1.74. The van der Waals surface area contributed by atoms with Crippen molar-refractivity contribution in [2.75, 3.05) is 0 Å². The van der Waals surface area contributed by atoms with Crippen LogP contribution < -0.4 is 0 Å². The van der Waals surface area contributed by atoms with Gasteiger partial charge in [0.15, 0.2) is 0 Å². The van der Waals surface area contributed by atoms with Crippen molar-refractivity contribution in [2.24, 2.45) is 0 Å². The molecule has 90 valence electrons. The normalized spacial score (nSPS) is 10.7. The monoisotopic (exact) mass is 235 g/mol. The molecule has 0 aliphatic heterocycles. The first kappa shape index (κ1) is 11.4. The fraction of sp³-hybridized carbons (Fsp3) is 0.364. The van der Waals surface area contributed by atoms with E-state index in [1.54, 1.807) is 19.4 Å². The van der Waals surface area contributed by atoms with Gasteiger partial charge in [-0.05, 0) is 13.3 Å². The van der Waals surface area contributed by atoms with Crippen LogP contribution in [-0.4, -0.2) is 25.8 Å². The van der Waals surface area contributed by atoms with Crippen LogP contribution in [0.4, 0.5) is 0 Å². The first-order chi connectivity index (χ1) is 8.15. The number of nitrogens with zero attached hydrogens (tertiary/aromatic N) is 3. The lowest BCUT2D eigenvalue weighted by Crippen LogP contribution is -2.03. The first-order valence-corrected chi connectivity index (χ1v) is 5.35. The summed E-state index contributed by atoms with van der Waals surface area (Å²) in [6, 6.07) is 0. The Morgan fingerprint density at radius 2 is 2.35 bits per heavy atom. The van der Waals surface area contributed by atoms with Gasteiger partial charge in [0.1, 0.15) is 17.0 Å². The predicted octanol–water partition coefficient (Wildman–Crippen LogP) is 1.95. The van der Waals surface area contributed by atoms with Gasteiger partial charge < -0.3 is 14.2 Å². The molecule has 1 N–H and O–H groups in total. The summed E-state index contributed by atoms with van der Waals surface area (Å²) in [4.78, 5) is 15.2. The van der Waals surface area contributed by atoms with Crippen LogP contribution in [0.3, 0.4) is 0 Å². The molecule has 0 amide bonds. The number of hydrogen-bond acceptors (Lipinski definition) is 4. The lowest BCUT2D eigenvalue weighted by molar-refractivity contribution is 0.0695. The predicted molar refractivity (Wildman–Crippen MR) is 59.7 cm³/mol. The standard InChI is InChI=1S/C11H13N3O3/c1-3-4-14-6-12-5-8(14)10-9(11(15)16)7(2)17-13-10/h5-6H,3-4H2,1-2H3,(H,15,16). The maximum atomic E-state index is 11.1. The van der Waals surface area contributed by atoms with Gasteiger partial charge in [-0.3, -0.25) is 0 Å². The third kappa shape index (κ3) is 1.93. The van der Waals surface area contributed by atoms with E-state index < -0.39 is 5.97 Å². The summed E-state index contributed by atoms with van der Waals surface area (Å²) in [5, 5.41) is 12.9. The van der Waals surface area contributed by atoms with E-state index >= 15 is 0 Å². The minimum Gasteiger partial charge on any atom is -0.477 e. The van der Waals surface area contributed by atoms with E-state index in [0.717, 1.165) is 13.0 Å². The summed E-state index contributed by atoms with van der Waals surface area (Å²) >= 11 is 0. The highest BCUT2D eigenvalue weighted by Gasteiger charge is 2.22. The molecule has 2 aromatic heterocycles. The van der Waals surface area contributed by atoms with E-state index in [-0.39, 0.29) is 5.56 Å². The minimum atomic E-state index is -1.04. The summed E-state index contributed by atoms with van der Waals surface area (Å²) in [5.41, 5.74) is 1.10. The molecule has 0 fully saturated rings. The number of carboxylic acid groups (broad SMARTS) is 1. The number of rotatable bonds is 4. The zero-order chi connectivity index (χ0) is 12.4. The van der Waals surface area contributed by atoms with E-state index in [4.69, 9.17) is 9.63 Å². The molecule has 0 aliphatic rings. The Labute approximate surface area is 97.9 Å². The topological polar surface area (TPSA) is 81.2 Å². The van der Waals surface area contributed by atoms with Crippen molar-refractivity contribution in [3.05, 3.63) is 23.8 Å². The lowest BCUT2D eigenvalue weighted by atomic mass is 10.1. The average Bonchev–Trinajstić information content (AvgIpc) is 2.84. The molecule has 0 aromatic carbocycles. The number of imidazole rings is 1. The molecule has 0 atom stereocenters. The van der Waals surface area contributed by atoms with Crippen molar-refractivity contribution in [1.29, 1.82) is 0 Å². The van der Waals surface area contributed by atoms with E-state index in [0.29, 0.717) is 17.1 Å². The number of carbonyl (C=O) groups is 1. The van der Waals surface area contributed by atoms with Crippen LogP contribution >= 0.6 is 0 Å². The van der Waals surface area contributed by atoms with Crippen LogP contribution in [-0.2, 0) is 6.54 Å². The summed E-state index contributed by atoms with van der Waals surface area (Å²) in [6.45, 7) is 4.39. The molecule has 17 heavy (non-hydrogen) atoms. The molecule has 0 aliphatic carbocycles. The van der Waals surface area contributed by atoms with Gasteiger partial charge in [0.2, 0.25) is 0 Å². The minimum absolute atomic E-state index is 0.0999. The van der Waals surface area contributed by atoms with Crippen molar-refractivity contribution < 1.29 is 14.4 Å². The third-order valence-corrected chi connectivity index (χ3v) is 2.50. The van der Waals surface area contributed by atoms with Crippen molar-refractivity contribution in [2.45, 2.75) is 26.8 Å². The largest absolute Gasteiger partial charge is 0.477 e. The van der Waals surface area contributed by atoms with E-state index in [9.17, 15) is 4.79 Å². The fourth-order valence-corrected chi connectivity index (χ4v) is 1.74. The number of aromatic nitrogens is 3. The van der Waals surface area contributed by atoms with Crippen molar-refractivity contribution in [1.82, 2.24) is 14.7 Å². The second-order valence-electron chi connectivity index (χ2n) is 3.74. The second kappa shape index (κ2) is 4.40. The molecule has 0 unspecified atom stereocenters. The molecule has 0 saturated carbocycles. The highest BCUT2D eigenvalue weighted by atomic mass is 16.5. The SMILES string of the molecule is CCCn1cncc1-c1noc(C)c1C(=O)O. The van der Waals surface area contributed by atoms with Gasteiger partial charge in [-0.1, -0.05) is 12.1 Å². The Balaban J connectivity index is 2.53. The van der Waals surface area contributed by atoms with Gasteiger partial charge in [-0.15, -0.1) is 0 Å². The zero-order valence-corrected chi connectivity index (χ0v) is 9.67. The van der Waals surface area contributed by atoms with Crippen LogP contribution in [0.2, 0.25) is 0 Å². The molecule has 0 radical (unpaired) electrons. The Morgan fingerprint density at radius 1 is 1.59 bits per heavy atom. The summed E-state index contributed by atoms with van der Waals surface area (Å²) in [6.07, 6.45) is 4.19. The molecule has 0 bridgehead atoms. The van der Waals surface area contributed by atoms with E-state index in [1.807, 2.05) is 11.5 Å². The first-order valence-electron chi connectivity index (χ1n) is 5.35. The maximum Gasteiger partial charge on any atom is 0.341 e. The number of hydrogen-bond donors (Lipinski definition) is 1. The van der Waals surface area contributed by atoms with Crippen molar-refractivity contribution in [3.63, 3.8) is 0 Å². The zero-order valence-electron chi connectivity index (χ0n) is 9.67. The molecular weight excluding hydrogens is 222 g/mol. The van der Waals surface area contributed by atoms with E-state index in [2.05, 4.69) is 10.1 Å². The molecule has 6 nitrogen and oxygen atoms in total. The molecule has 2 heterocycles. The molecule has 2 aromatic rings. The number of aromatic carboxylic acids is 1. The molecule has 2 rings (SSSR count). The highest BCUT2D eigenvalue weighted by Crippen LogP contribution is 2.25. The molecular formula is C11H13N3O3. The molecule has 6 heteroatoms. The van der Waals surface area contributed by atoms with Gasteiger partial charge in [-0.25, -0.2) is 9.78 Å². The van der Waals surface area contributed by atoms with Gasteiger partial charge in [-0.2, -0.15) is 0 Å². The van der Waals surface area contributed by atoms with E-state index in [1.165, 1.54) is 0 Å². The third-order valence-electron chi connectivity index (χ3n) is 2.50. The van der Waals surface area contributed by atoms with Crippen molar-refractivity contribution in [3.8, 4) is 11.4 Å². The van der Waals surface area contributed by atoms with Gasteiger partial charge in [0.05, 0.1) is 18.2 Å². The summed E-state index contributed by atoms with van der Waals surface area (Å²) < 4.78 is 6.81. The van der Waals surface area contributed by atoms with Crippen molar-refractivity contribution >= 4 is 5.97 Å². The highest BCUT2D eigenvalue weighted by molar-refractivity contribution is 5.95. The van der Waals surface area contributed by atoms with Crippen LogP contribution in [0, 0.1) is 6.92 Å². The quantitative estimate of drug-likeness (QED) is 0.875. The smallest absolute Gasteiger partial charge is 0.341 e. The average molecular weight is 235 g/mol. The Morgan fingerprint density at radius 3 is 3.00 bits per heavy atom. The van der Waals surface area contributed by atoms with Crippen LogP contribution in [0.25, 0.3) is 11.4 Å². The Hall–Kier alpha value is -2.11. The summed E-state index contributed by atoms with van der Waals surface area (Å²) in [5.74, 6) is -0.736. The van der Waals surface area contributed by atoms with Gasteiger partial charge in [0, 0.05) is 6.54 Å². The van der Waals surface area contributed by atoms with Crippen LogP contribution in [0.1, 0.15) is 29.5 Å². The summed E-state index contributed by atoms with van der Waals surface area (Å²) in [7, 11) is 0. The van der Waals surface area contributed by atoms with Crippen LogP contribution in [0.15, 0.2) is 17.0 Å². The molecule has 0 saturated heterocycles. The van der Waals surface area contributed by atoms with Gasteiger partial charge >= 0.3 is 5.97 Å². The van der Waals surface area contributed by atoms with Gasteiger partial charge in [0.25, 0.3) is 0 Å². The number of carboxylic acids is 1. The molecule has 0 spiro atoms. The lowest BCUT2D eigenvalue weighted by Gasteiger charge is -2.03.